The Bertz CT molecular complexity index is 522. The van der Waals surface area contributed by atoms with Crippen LogP contribution in [0.1, 0.15) is 25.7 Å². The van der Waals surface area contributed by atoms with E-state index in [1.165, 1.54) is 11.8 Å². The summed E-state index contributed by atoms with van der Waals surface area (Å²) in [6.45, 7) is -0.749. The monoisotopic (exact) mass is 421 g/mol. The number of hydrogen-bond donors (Lipinski definition) is 7. The van der Waals surface area contributed by atoms with Crippen LogP contribution in [0.2, 0.25) is 0 Å². The normalized spacial score (nSPS) is 13.9. The molecular formula is C16H31N5O6S. The average Bonchev–Trinajstić information content (AvgIpc) is 2.67. The Labute approximate surface area is 168 Å². The number of carbonyl (C=O) groups is 4. The van der Waals surface area contributed by atoms with Gasteiger partial charge in [-0.15, -0.1) is 0 Å². The summed E-state index contributed by atoms with van der Waals surface area (Å²) in [6.07, 6.45) is 3.67. The number of amides is 3. The highest BCUT2D eigenvalue weighted by molar-refractivity contribution is 7.98. The van der Waals surface area contributed by atoms with Crippen LogP contribution in [0.25, 0.3) is 0 Å². The van der Waals surface area contributed by atoms with Gasteiger partial charge in [-0.1, -0.05) is 0 Å². The van der Waals surface area contributed by atoms with E-state index in [-0.39, 0.29) is 6.42 Å². The molecule has 0 aliphatic rings. The van der Waals surface area contributed by atoms with Gasteiger partial charge in [0.2, 0.25) is 17.7 Å². The summed E-state index contributed by atoms with van der Waals surface area (Å²) in [7, 11) is 0. The molecule has 162 valence electrons. The Morgan fingerprint density at radius 1 is 1.04 bits per heavy atom. The maximum Gasteiger partial charge on any atom is 0.326 e. The first-order valence-corrected chi connectivity index (χ1v) is 10.3. The maximum absolute atomic E-state index is 12.0. The van der Waals surface area contributed by atoms with Gasteiger partial charge in [0.05, 0.1) is 19.2 Å². The number of carboxylic acid groups (broad SMARTS) is 1. The van der Waals surface area contributed by atoms with Crippen LogP contribution in [0.15, 0.2) is 0 Å². The van der Waals surface area contributed by atoms with Gasteiger partial charge in [-0.25, -0.2) is 4.79 Å². The van der Waals surface area contributed by atoms with Crippen molar-refractivity contribution in [1.29, 1.82) is 0 Å². The van der Waals surface area contributed by atoms with Crippen molar-refractivity contribution in [2.24, 2.45) is 11.5 Å². The number of nitrogens with one attached hydrogen (secondary N) is 3. The first kappa shape index (κ1) is 26.1. The summed E-state index contributed by atoms with van der Waals surface area (Å²) in [5, 5.41) is 25.3. The fraction of sp³-hybridized carbons (Fsp3) is 0.750. The minimum atomic E-state index is -1.26. The average molecular weight is 422 g/mol. The van der Waals surface area contributed by atoms with Gasteiger partial charge in [-0.2, -0.15) is 11.8 Å². The summed E-state index contributed by atoms with van der Waals surface area (Å²) in [5.74, 6) is -2.58. The van der Waals surface area contributed by atoms with Crippen molar-refractivity contribution in [3.8, 4) is 0 Å². The molecule has 9 N–H and O–H groups in total. The third-order valence-electron chi connectivity index (χ3n) is 3.79. The van der Waals surface area contributed by atoms with Crippen molar-refractivity contribution in [2.45, 2.75) is 43.8 Å². The van der Waals surface area contributed by atoms with Gasteiger partial charge in [0.25, 0.3) is 0 Å². The van der Waals surface area contributed by atoms with Gasteiger partial charge < -0.3 is 37.6 Å². The number of hydrogen-bond acceptors (Lipinski definition) is 8. The third-order valence-corrected chi connectivity index (χ3v) is 4.43. The van der Waals surface area contributed by atoms with Crippen molar-refractivity contribution in [1.82, 2.24) is 16.0 Å². The smallest absolute Gasteiger partial charge is 0.326 e. The minimum absolute atomic E-state index is 0.218. The van der Waals surface area contributed by atoms with E-state index in [1.807, 2.05) is 6.26 Å². The van der Waals surface area contributed by atoms with Crippen molar-refractivity contribution in [2.75, 3.05) is 31.7 Å². The molecule has 3 unspecified atom stereocenters. The zero-order chi connectivity index (χ0) is 21.5. The van der Waals surface area contributed by atoms with Gasteiger partial charge in [0.1, 0.15) is 12.1 Å². The summed E-state index contributed by atoms with van der Waals surface area (Å²) in [6, 6.07) is -3.17. The SMILES string of the molecule is CSCCC(N)C(=O)NC(CO)C(=O)NCC(=O)NC(CCCCN)C(=O)O. The number of carboxylic acids is 1. The maximum atomic E-state index is 12.0. The molecule has 0 rings (SSSR count). The quantitative estimate of drug-likeness (QED) is 0.138. The van der Waals surface area contributed by atoms with Crippen molar-refractivity contribution < 1.29 is 29.4 Å². The molecule has 0 aromatic heterocycles. The Morgan fingerprint density at radius 3 is 2.25 bits per heavy atom. The van der Waals surface area contributed by atoms with Crippen LogP contribution < -0.4 is 27.4 Å². The number of thioether (sulfide) groups is 1. The van der Waals surface area contributed by atoms with Gasteiger partial charge in [0, 0.05) is 0 Å². The highest BCUT2D eigenvalue weighted by Crippen LogP contribution is 2.01. The van der Waals surface area contributed by atoms with Gasteiger partial charge in [-0.3, -0.25) is 14.4 Å². The van der Waals surface area contributed by atoms with E-state index < -0.39 is 55.0 Å². The second kappa shape index (κ2) is 15.1. The lowest BCUT2D eigenvalue weighted by Crippen LogP contribution is -2.54. The zero-order valence-electron chi connectivity index (χ0n) is 16.0. The van der Waals surface area contributed by atoms with Crippen LogP contribution in [-0.4, -0.2) is 83.7 Å². The van der Waals surface area contributed by atoms with E-state index in [9.17, 15) is 24.3 Å². The van der Waals surface area contributed by atoms with Crippen LogP contribution in [-0.2, 0) is 19.2 Å². The van der Waals surface area contributed by atoms with Gasteiger partial charge >= 0.3 is 5.97 Å². The molecule has 0 saturated carbocycles. The predicted molar refractivity (Wildman–Crippen MR) is 105 cm³/mol. The molecule has 28 heavy (non-hydrogen) atoms. The summed E-state index contributed by atoms with van der Waals surface area (Å²) in [5.41, 5.74) is 11.0. The molecule has 0 aliphatic carbocycles. The molecule has 0 radical (unpaired) electrons. The molecule has 0 saturated heterocycles. The molecular weight excluding hydrogens is 390 g/mol. The Kier molecular flexibility index (Phi) is 14.1. The largest absolute Gasteiger partial charge is 0.480 e. The number of aliphatic carboxylic acids is 1. The van der Waals surface area contributed by atoms with E-state index in [2.05, 4.69) is 16.0 Å². The standard InChI is InChI=1S/C16H31N5O6S/c1-28-7-5-10(18)14(24)21-12(9-22)15(25)19-8-13(23)20-11(16(26)27)4-2-3-6-17/h10-12,22H,2-9,17-18H2,1H3,(H,19,25)(H,20,23)(H,21,24)(H,26,27). The van der Waals surface area contributed by atoms with Crippen molar-refractivity contribution >= 4 is 35.5 Å². The fourth-order valence-corrected chi connectivity index (χ4v) is 2.62. The van der Waals surface area contributed by atoms with Crippen LogP contribution in [0, 0.1) is 0 Å². The van der Waals surface area contributed by atoms with E-state index >= 15 is 0 Å². The number of nitrogens with two attached hydrogens (primary N) is 2. The first-order valence-electron chi connectivity index (χ1n) is 8.92. The van der Waals surface area contributed by atoms with E-state index in [0.29, 0.717) is 31.6 Å². The van der Waals surface area contributed by atoms with E-state index in [4.69, 9.17) is 16.6 Å². The Morgan fingerprint density at radius 2 is 1.71 bits per heavy atom. The second-order valence-electron chi connectivity index (χ2n) is 6.09. The molecule has 3 atom stereocenters. The number of aliphatic hydroxyl groups excluding tert-OH is 1. The number of aliphatic hydroxyl groups is 1. The molecule has 0 heterocycles. The van der Waals surface area contributed by atoms with Crippen LogP contribution >= 0.6 is 11.8 Å². The van der Waals surface area contributed by atoms with Crippen LogP contribution in [0.3, 0.4) is 0 Å². The summed E-state index contributed by atoms with van der Waals surface area (Å²) in [4.78, 5) is 47.0. The predicted octanol–water partition coefficient (Wildman–Crippen LogP) is -2.64. The molecule has 0 fully saturated rings. The molecule has 11 nitrogen and oxygen atoms in total. The molecule has 0 bridgehead atoms. The van der Waals surface area contributed by atoms with Gasteiger partial charge in [-0.05, 0) is 44.2 Å². The van der Waals surface area contributed by atoms with Crippen LogP contribution in [0.5, 0.6) is 0 Å². The number of carbonyl (C=O) groups excluding carboxylic acids is 3. The lowest BCUT2D eigenvalue weighted by Gasteiger charge is -2.19. The molecule has 0 spiro atoms. The lowest BCUT2D eigenvalue weighted by molar-refractivity contribution is -0.142. The number of rotatable bonds is 15. The summed E-state index contributed by atoms with van der Waals surface area (Å²) < 4.78 is 0. The van der Waals surface area contributed by atoms with Crippen LogP contribution in [0.4, 0.5) is 0 Å². The van der Waals surface area contributed by atoms with Gasteiger partial charge in [0.15, 0.2) is 0 Å². The lowest BCUT2D eigenvalue weighted by atomic mass is 10.1. The zero-order valence-corrected chi connectivity index (χ0v) is 16.8. The Hall–Kier alpha value is -1.89. The fourth-order valence-electron chi connectivity index (χ4n) is 2.13. The van der Waals surface area contributed by atoms with Crippen molar-refractivity contribution in [3.63, 3.8) is 0 Å². The van der Waals surface area contributed by atoms with E-state index in [1.54, 1.807) is 0 Å². The Balaban J connectivity index is 4.47. The molecule has 0 aromatic rings. The summed E-state index contributed by atoms with van der Waals surface area (Å²) >= 11 is 1.52. The highest BCUT2D eigenvalue weighted by Gasteiger charge is 2.24. The van der Waals surface area contributed by atoms with E-state index in [0.717, 1.165) is 0 Å². The first-order chi connectivity index (χ1) is 13.3. The topological polar surface area (TPSA) is 197 Å². The molecule has 12 heteroatoms. The minimum Gasteiger partial charge on any atom is -0.480 e. The molecule has 0 aliphatic heterocycles. The van der Waals surface area contributed by atoms with Crippen molar-refractivity contribution in [3.05, 3.63) is 0 Å². The molecule has 0 aromatic carbocycles. The second-order valence-corrected chi connectivity index (χ2v) is 7.08. The molecule has 3 amide bonds. The third kappa shape index (κ3) is 11.1. The number of unbranched alkanes of at least 4 members (excludes halogenated alkanes) is 1. The highest BCUT2D eigenvalue weighted by atomic mass is 32.2.